The van der Waals surface area contributed by atoms with E-state index in [-0.39, 0.29) is 5.41 Å². The summed E-state index contributed by atoms with van der Waals surface area (Å²) in [7, 11) is 0. The van der Waals surface area contributed by atoms with Crippen molar-refractivity contribution in [3.63, 3.8) is 0 Å². The van der Waals surface area contributed by atoms with Gasteiger partial charge in [0.1, 0.15) is 11.5 Å². The number of furan rings is 1. The molecule has 0 atom stereocenters. The van der Waals surface area contributed by atoms with E-state index in [1.54, 1.807) is 0 Å². The van der Waals surface area contributed by atoms with Gasteiger partial charge >= 0.3 is 0 Å². The van der Waals surface area contributed by atoms with Crippen LogP contribution in [-0.4, -0.2) is 20.4 Å². The van der Waals surface area contributed by atoms with Crippen molar-refractivity contribution >= 4 is 11.8 Å². The topological polar surface area (TPSA) is 91.0 Å². The fraction of sp³-hybridized carbons (Fsp3) is 0.619. The molecule has 7 rings (SSSR count). The second-order valence-electron chi connectivity index (χ2n) is 9.19. The molecule has 0 radical (unpaired) electrons. The standard InChI is InChI=1S/C21H24N4O3S/c1-11-3-16(12(2)26-11)18-23-22-17(27-18)10-29-20-25-24-19(28-20)21-7-13-4-14(8-21)6-15(5-13)9-21/h3,13-15H,4-10H2,1-2H3. The van der Waals surface area contributed by atoms with E-state index in [0.29, 0.717) is 22.8 Å². The van der Waals surface area contributed by atoms with E-state index in [9.17, 15) is 0 Å². The van der Waals surface area contributed by atoms with Crippen molar-refractivity contribution in [2.75, 3.05) is 0 Å². The number of rotatable bonds is 5. The third kappa shape index (κ3) is 3.03. The van der Waals surface area contributed by atoms with Gasteiger partial charge in [-0.15, -0.1) is 20.4 Å². The minimum Gasteiger partial charge on any atom is -0.466 e. The molecule has 4 aliphatic rings. The third-order valence-corrected chi connectivity index (χ3v) is 7.76. The predicted octanol–water partition coefficient (Wildman–Crippen LogP) is 5.09. The maximum absolute atomic E-state index is 6.14. The summed E-state index contributed by atoms with van der Waals surface area (Å²) in [5.74, 6) is 6.56. The van der Waals surface area contributed by atoms with Crippen molar-refractivity contribution in [3.8, 4) is 11.5 Å². The molecule has 3 heterocycles. The predicted molar refractivity (Wildman–Crippen MR) is 105 cm³/mol. The Morgan fingerprint density at radius 3 is 2.31 bits per heavy atom. The van der Waals surface area contributed by atoms with Gasteiger partial charge in [0.2, 0.25) is 11.8 Å². The summed E-state index contributed by atoms with van der Waals surface area (Å²) in [4.78, 5) is 0. The van der Waals surface area contributed by atoms with Gasteiger partial charge in [0.25, 0.3) is 11.1 Å². The van der Waals surface area contributed by atoms with Gasteiger partial charge in [-0.25, -0.2) is 0 Å². The first-order valence-electron chi connectivity index (χ1n) is 10.4. The van der Waals surface area contributed by atoms with Gasteiger partial charge in [-0.2, -0.15) is 0 Å². The molecule has 3 aromatic heterocycles. The molecule has 0 saturated heterocycles. The lowest BCUT2D eigenvalue weighted by molar-refractivity contribution is -0.0191. The molecule has 4 saturated carbocycles. The van der Waals surface area contributed by atoms with E-state index in [4.69, 9.17) is 13.3 Å². The van der Waals surface area contributed by atoms with Gasteiger partial charge in [-0.3, -0.25) is 0 Å². The molecule has 4 aliphatic carbocycles. The van der Waals surface area contributed by atoms with Gasteiger partial charge in [0.15, 0.2) is 0 Å². The molecule has 8 heteroatoms. The van der Waals surface area contributed by atoms with Crippen molar-refractivity contribution in [2.45, 2.75) is 68.8 Å². The largest absolute Gasteiger partial charge is 0.466 e. The van der Waals surface area contributed by atoms with Gasteiger partial charge in [-0.1, -0.05) is 11.8 Å². The lowest BCUT2D eigenvalue weighted by Crippen LogP contribution is -2.48. The van der Waals surface area contributed by atoms with Gasteiger partial charge < -0.3 is 13.3 Å². The zero-order valence-electron chi connectivity index (χ0n) is 16.7. The molecule has 0 aliphatic heterocycles. The first-order valence-corrected chi connectivity index (χ1v) is 11.4. The minimum absolute atomic E-state index is 0.134. The number of thioether (sulfide) groups is 1. The molecule has 29 heavy (non-hydrogen) atoms. The van der Waals surface area contributed by atoms with Crippen LogP contribution < -0.4 is 0 Å². The van der Waals surface area contributed by atoms with E-state index in [0.717, 1.165) is 40.7 Å². The maximum Gasteiger partial charge on any atom is 0.277 e. The Balaban J connectivity index is 1.15. The van der Waals surface area contributed by atoms with Gasteiger partial charge in [0, 0.05) is 5.41 Å². The molecule has 152 valence electrons. The van der Waals surface area contributed by atoms with E-state index in [1.165, 1.54) is 50.3 Å². The smallest absolute Gasteiger partial charge is 0.277 e. The van der Waals surface area contributed by atoms with Crippen LogP contribution in [-0.2, 0) is 11.2 Å². The fourth-order valence-corrected chi connectivity index (χ4v) is 6.84. The van der Waals surface area contributed by atoms with E-state index < -0.39 is 0 Å². The van der Waals surface area contributed by atoms with Crippen molar-refractivity contribution in [1.82, 2.24) is 20.4 Å². The summed E-state index contributed by atoms with van der Waals surface area (Å²) in [5, 5.41) is 17.7. The van der Waals surface area contributed by atoms with E-state index >= 15 is 0 Å². The molecular formula is C21H24N4O3S. The molecule has 4 bridgehead atoms. The van der Waals surface area contributed by atoms with Crippen molar-refractivity contribution < 1.29 is 13.3 Å². The van der Waals surface area contributed by atoms with E-state index in [1.807, 2.05) is 19.9 Å². The van der Waals surface area contributed by atoms with Crippen LogP contribution in [0.5, 0.6) is 0 Å². The Morgan fingerprint density at radius 2 is 1.66 bits per heavy atom. The number of aromatic nitrogens is 4. The number of hydrogen-bond acceptors (Lipinski definition) is 8. The Kier molecular flexibility index (Phi) is 3.95. The molecule has 3 aromatic rings. The molecule has 0 unspecified atom stereocenters. The normalized spacial score (nSPS) is 30.3. The molecule has 0 amide bonds. The average Bonchev–Trinajstić information content (AvgIpc) is 3.39. The minimum atomic E-state index is 0.134. The second-order valence-corrected chi connectivity index (χ2v) is 10.1. The van der Waals surface area contributed by atoms with Crippen molar-refractivity contribution in [2.24, 2.45) is 17.8 Å². The molecule has 7 nitrogen and oxygen atoms in total. The van der Waals surface area contributed by atoms with Crippen molar-refractivity contribution in [1.29, 1.82) is 0 Å². The summed E-state index contributed by atoms with van der Waals surface area (Å²) in [6.07, 6.45) is 7.89. The monoisotopic (exact) mass is 412 g/mol. The first-order chi connectivity index (χ1) is 14.1. The molecule has 4 fully saturated rings. The number of hydrogen-bond donors (Lipinski definition) is 0. The lowest BCUT2D eigenvalue weighted by atomic mass is 9.49. The highest BCUT2D eigenvalue weighted by atomic mass is 32.2. The SMILES string of the molecule is Cc1cc(-c2nnc(CSc3nnc(C45CC6CC(CC(C6)C4)C5)o3)o2)c(C)o1. The van der Waals surface area contributed by atoms with Crippen LogP contribution in [0.1, 0.15) is 61.8 Å². The lowest BCUT2D eigenvalue weighted by Gasteiger charge is -2.55. The van der Waals surface area contributed by atoms with Crippen LogP contribution in [0.15, 0.2) is 24.5 Å². The van der Waals surface area contributed by atoms with Crippen LogP contribution in [0.25, 0.3) is 11.5 Å². The molecular weight excluding hydrogens is 388 g/mol. The highest BCUT2D eigenvalue weighted by Crippen LogP contribution is 2.60. The summed E-state index contributed by atoms with van der Waals surface area (Å²) < 4.78 is 17.5. The zero-order chi connectivity index (χ0) is 19.6. The van der Waals surface area contributed by atoms with Gasteiger partial charge in [0.05, 0.1) is 11.3 Å². The number of aryl methyl sites for hydroxylation is 2. The summed E-state index contributed by atoms with van der Waals surface area (Å²) in [5.41, 5.74) is 0.975. The summed E-state index contributed by atoms with van der Waals surface area (Å²) >= 11 is 1.46. The Morgan fingerprint density at radius 1 is 0.931 bits per heavy atom. The first kappa shape index (κ1) is 17.7. The molecule has 0 N–H and O–H groups in total. The van der Waals surface area contributed by atoms with E-state index in [2.05, 4.69) is 20.4 Å². The zero-order valence-corrected chi connectivity index (χ0v) is 17.5. The maximum atomic E-state index is 6.14. The highest BCUT2D eigenvalue weighted by molar-refractivity contribution is 7.98. The Hall–Kier alpha value is -2.09. The Labute approximate surface area is 173 Å². The third-order valence-electron chi connectivity index (χ3n) is 6.96. The molecule has 0 spiro atoms. The van der Waals surface area contributed by atoms with Crippen LogP contribution in [0, 0.1) is 31.6 Å². The average molecular weight is 413 g/mol. The van der Waals surface area contributed by atoms with Crippen LogP contribution in [0.3, 0.4) is 0 Å². The van der Waals surface area contributed by atoms with Crippen LogP contribution in [0.4, 0.5) is 0 Å². The van der Waals surface area contributed by atoms with Crippen LogP contribution in [0.2, 0.25) is 0 Å². The highest BCUT2D eigenvalue weighted by Gasteiger charge is 2.54. The summed E-state index contributed by atoms with van der Waals surface area (Å²) in [6, 6.07) is 1.91. The van der Waals surface area contributed by atoms with Gasteiger partial charge in [-0.05, 0) is 76.2 Å². The molecule has 0 aromatic carbocycles. The number of nitrogens with zero attached hydrogens (tertiary/aromatic N) is 4. The second kappa shape index (κ2) is 6.45. The van der Waals surface area contributed by atoms with Crippen LogP contribution >= 0.6 is 11.8 Å². The quantitative estimate of drug-likeness (QED) is 0.535. The Bertz CT molecular complexity index is 1020. The van der Waals surface area contributed by atoms with Crippen molar-refractivity contribution in [3.05, 3.63) is 29.4 Å². The fourth-order valence-electron chi connectivity index (χ4n) is 6.24. The summed E-state index contributed by atoms with van der Waals surface area (Å²) in [6.45, 7) is 3.80.